The number of unbranched alkanes of at least 4 members (excludes halogenated alkanes) is 14. The zero-order valence-corrected chi connectivity index (χ0v) is 25.2. The summed E-state index contributed by atoms with van der Waals surface area (Å²) in [6.07, 6.45) is 21.3. The minimum atomic E-state index is 0.785. The van der Waals surface area contributed by atoms with E-state index in [1.165, 1.54) is 101 Å². The summed E-state index contributed by atoms with van der Waals surface area (Å²) >= 11 is 0. The van der Waals surface area contributed by atoms with Crippen molar-refractivity contribution in [3.8, 4) is 11.5 Å². The van der Waals surface area contributed by atoms with E-state index >= 15 is 0 Å². The van der Waals surface area contributed by atoms with Gasteiger partial charge in [0.05, 0.1) is 13.2 Å². The van der Waals surface area contributed by atoms with Crippen LogP contribution < -0.4 is 20.9 Å². The number of rotatable bonds is 25. The van der Waals surface area contributed by atoms with Crippen molar-refractivity contribution in [2.75, 3.05) is 36.2 Å². The Kier molecular flexibility index (Phi) is 19.9. The minimum Gasteiger partial charge on any atom is -0.494 e. The summed E-state index contributed by atoms with van der Waals surface area (Å²) in [4.78, 5) is 0. The maximum atomic E-state index is 5.75. The van der Waals surface area contributed by atoms with E-state index in [9.17, 15) is 0 Å². The molecular weight excluding hydrogens is 508 g/mol. The van der Waals surface area contributed by atoms with E-state index in [0.29, 0.717) is 0 Å². The van der Waals surface area contributed by atoms with Crippen molar-refractivity contribution in [2.24, 2.45) is 0 Å². The van der Waals surface area contributed by atoms with Crippen molar-refractivity contribution in [1.82, 2.24) is 0 Å². The lowest BCUT2D eigenvalue weighted by molar-refractivity contribution is 0.304. The molecule has 2 aromatic carbocycles. The molecule has 38 heavy (non-hydrogen) atoms. The third kappa shape index (κ3) is 18.6. The number of hydrogen-bond acceptors (Lipinski definition) is 6. The standard InChI is InChI=1S/C32H52N2O2S2/c33-29-17-21-31(22-18-29)35-25-13-9-5-1-3-7-11-15-27-37-38-28-16-12-8-4-2-6-10-14-26-36-32-23-19-30(34)20-24-32/h17-24H,1-16,25-28,33-34H2. The van der Waals surface area contributed by atoms with Gasteiger partial charge in [-0.1, -0.05) is 98.6 Å². The van der Waals surface area contributed by atoms with Crippen molar-refractivity contribution in [1.29, 1.82) is 0 Å². The second-order valence-corrected chi connectivity index (χ2v) is 12.8. The average Bonchev–Trinajstić information content (AvgIpc) is 2.93. The number of benzene rings is 2. The molecule has 0 saturated carbocycles. The zero-order valence-electron chi connectivity index (χ0n) is 23.5. The van der Waals surface area contributed by atoms with Crippen molar-refractivity contribution in [3.05, 3.63) is 48.5 Å². The van der Waals surface area contributed by atoms with Gasteiger partial charge in [0.1, 0.15) is 11.5 Å². The van der Waals surface area contributed by atoms with Crippen LogP contribution in [0.5, 0.6) is 11.5 Å². The molecule has 2 rings (SSSR count). The second kappa shape index (κ2) is 23.2. The highest BCUT2D eigenvalue weighted by molar-refractivity contribution is 8.76. The molecule has 214 valence electrons. The predicted octanol–water partition coefficient (Wildman–Crippen LogP) is 9.93. The Hall–Kier alpha value is -1.66. The molecule has 4 N–H and O–H groups in total. The van der Waals surface area contributed by atoms with Crippen LogP contribution in [0.2, 0.25) is 0 Å². The molecule has 0 aliphatic rings. The third-order valence-electron chi connectivity index (χ3n) is 6.63. The van der Waals surface area contributed by atoms with Gasteiger partial charge >= 0.3 is 0 Å². The first-order valence-corrected chi connectivity index (χ1v) is 17.4. The Morgan fingerprint density at radius 3 is 1.03 bits per heavy atom. The first-order valence-electron chi connectivity index (χ1n) is 14.9. The number of anilines is 2. The number of hydrogen-bond donors (Lipinski definition) is 2. The molecule has 0 atom stereocenters. The summed E-state index contributed by atoms with van der Waals surface area (Å²) in [5.41, 5.74) is 13.0. The quantitative estimate of drug-likeness (QED) is 0.0715. The van der Waals surface area contributed by atoms with E-state index in [-0.39, 0.29) is 0 Å². The van der Waals surface area contributed by atoms with Gasteiger partial charge in [-0.15, -0.1) is 0 Å². The highest BCUT2D eigenvalue weighted by Gasteiger charge is 1.98. The molecule has 0 aromatic heterocycles. The van der Waals surface area contributed by atoms with Crippen molar-refractivity contribution < 1.29 is 9.47 Å². The first kappa shape index (κ1) is 32.6. The van der Waals surface area contributed by atoms with E-state index in [2.05, 4.69) is 21.6 Å². The molecular formula is C32H52N2O2S2. The Morgan fingerprint density at radius 1 is 0.395 bits per heavy atom. The number of nitrogen functional groups attached to an aromatic ring is 2. The minimum absolute atomic E-state index is 0.785. The van der Waals surface area contributed by atoms with Gasteiger partial charge in [-0.2, -0.15) is 0 Å². The summed E-state index contributed by atoms with van der Waals surface area (Å²) in [5.74, 6) is 4.47. The van der Waals surface area contributed by atoms with E-state index < -0.39 is 0 Å². The molecule has 0 radical (unpaired) electrons. The van der Waals surface area contributed by atoms with Gasteiger partial charge in [0, 0.05) is 22.9 Å². The molecule has 0 bridgehead atoms. The van der Waals surface area contributed by atoms with Crippen LogP contribution in [0.4, 0.5) is 11.4 Å². The smallest absolute Gasteiger partial charge is 0.119 e. The Morgan fingerprint density at radius 2 is 0.684 bits per heavy atom. The van der Waals surface area contributed by atoms with Crippen LogP contribution in [0.25, 0.3) is 0 Å². The summed E-state index contributed by atoms with van der Waals surface area (Å²) in [6, 6.07) is 15.3. The molecule has 6 heteroatoms. The van der Waals surface area contributed by atoms with Crippen molar-refractivity contribution in [2.45, 2.75) is 103 Å². The molecule has 4 nitrogen and oxygen atoms in total. The lowest BCUT2D eigenvalue weighted by Crippen LogP contribution is -1.97. The first-order chi connectivity index (χ1) is 18.7. The van der Waals surface area contributed by atoms with Crippen LogP contribution in [0.1, 0.15) is 103 Å². The van der Waals surface area contributed by atoms with Crippen LogP contribution in [-0.2, 0) is 0 Å². The van der Waals surface area contributed by atoms with Crippen LogP contribution in [0.3, 0.4) is 0 Å². The van der Waals surface area contributed by atoms with E-state index in [4.69, 9.17) is 20.9 Å². The van der Waals surface area contributed by atoms with Gasteiger partial charge in [-0.05, 0) is 74.2 Å². The van der Waals surface area contributed by atoms with Crippen LogP contribution in [0.15, 0.2) is 48.5 Å². The lowest BCUT2D eigenvalue weighted by atomic mass is 10.1. The van der Waals surface area contributed by atoms with Crippen LogP contribution in [0, 0.1) is 0 Å². The zero-order chi connectivity index (χ0) is 26.9. The molecule has 0 heterocycles. The second-order valence-electron chi connectivity index (χ2n) is 10.1. The lowest BCUT2D eigenvalue weighted by Gasteiger charge is -2.06. The van der Waals surface area contributed by atoms with Crippen LogP contribution >= 0.6 is 21.6 Å². The summed E-state index contributed by atoms with van der Waals surface area (Å²) in [5, 5.41) is 0. The number of nitrogens with two attached hydrogens (primary N) is 2. The molecule has 0 aliphatic heterocycles. The topological polar surface area (TPSA) is 70.5 Å². The van der Waals surface area contributed by atoms with E-state index in [1.807, 2.05) is 48.5 Å². The predicted molar refractivity (Wildman–Crippen MR) is 171 cm³/mol. The summed E-state index contributed by atoms with van der Waals surface area (Å²) < 4.78 is 11.5. The van der Waals surface area contributed by atoms with Gasteiger partial charge in [-0.3, -0.25) is 0 Å². The Balaban J connectivity index is 1.19. The molecule has 0 amide bonds. The van der Waals surface area contributed by atoms with Gasteiger partial charge in [0.2, 0.25) is 0 Å². The molecule has 0 spiro atoms. The van der Waals surface area contributed by atoms with Gasteiger partial charge in [-0.25, -0.2) is 0 Å². The SMILES string of the molecule is Nc1ccc(OCCCCCCCCCCSSCCCCCCCCCCOc2ccc(N)cc2)cc1. The largest absolute Gasteiger partial charge is 0.494 e. The van der Waals surface area contributed by atoms with Gasteiger partial charge in [0.15, 0.2) is 0 Å². The van der Waals surface area contributed by atoms with Gasteiger partial charge in [0.25, 0.3) is 0 Å². The molecule has 0 unspecified atom stereocenters. The summed E-state index contributed by atoms with van der Waals surface area (Å²) in [6.45, 7) is 1.62. The maximum Gasteiger partial charge on any atom is 0.119 e. The molecule has 0 aliphatic carbocycles. The highest BCUT2D eigenvalue weighted by Crippen LogP contribution is 2.25. The summed E-state index contributed by atoms with van der Waals surface area (Å²) in [7, 11) is 4.17. The fraction of sp³-hybridized carbons (Fsp3) is 0.625. The van der Waals surface area contributed by atoms with Gasteiger partial charge < -0.3 is 20.9 Å². The molecule has 0 fully saturated rings. The fourth-order valence-corrected chi connectivity index (χ4v) is 6.57. The monoisotopic (exact) mass is 560 g/mol. The number of ether oxygens (including phenoxy) is 2. The van der Waals surface area contributed by atoms with E-state index in [0.717, 1.165) is 48.9 Å². The molecule has 2 aromatic rings. The van der Waals surface area contributed by atoms with E-state index in [1.54, 1.807) is 0 Å². The van der Waals surface area contributed by atoms with Crippen molar-refractivity contribution in [3.63, 3.8) is 0 Å². The van der Waals surface area contributed by atoms with Crippen molar-refractivity contribution >= 4 is 33.0 Å². The average molecular weight is 561 g/mol. The third-order valence-corrected chi connectivity index (χ3v) is 9.20. The Bertz CT molecular complexity index is 720. The molecule has 0 saturated heterocycles. The normalized spacial score (nSPS) is 11.1. The highest BCUT2D eigenvalue weighted by atomic mass is 33.1. The Labute approximate surface area is 240 Å². The maximum absolute atomic E-state index is 5.75. The van der Waals surface area contributed by atoms with Crippen LogP contribution in [-0.4, -0.2) is 24.7 Å². The fourth-order valence-electron chi connectivity index (χ4n) is 4.27.